The molecule has 124 valence electrons. The number of nitrogens with zero attached hydrogens (tertiary/aromatic N) is 2. The Hall–Kier alpha value is -3.22. The van der Waals surface area contributed by atoms with Gasteiger partial charge in [-0.2, -0.15) is 15.4 Å². The van der Waals surface area contributed by atoms with Gasteiger partial charge in [-0.25, -0.2) is 0 Å². The third-order valence-corrected chi connectivity index (χ3v) is 3.32. The highest BCUT2D eigenvalue weighted by molar-refractivity contribution is 5.78. The predicted octanol–water partition coefficient (Wildman–Crippen LogP) is 2.36. The van der Waals surface area contributed by atoms with E-state index in [2.05, 4.69) is 15.4 Å². The van der Waals surface area contributed by atoms with E-state index in [0.717, 1.165) is 16.6 Å². The van der Waals surface area contributed by atoms with Crippen LogP contribution in [0.2, 0.25) is 0 Å². The van der Waals surface area contributed by atoms with E-state index in [9.17, 15) is 9.59 Å². The highest BCUT2D eigenvalue weighted by Crippen LogP contribution is 2.12. The lowest BCUT2D eigenvalue weighted by Crippen LogP contribution is -2.20. The zero-order valence-corrected chi connectivity index (χ0v) is 12.8. The van der Waals surface area contributed by atoms with Crippen LogP contribution in [0.25, 0.3) is 11.0 Å². The van der Waals surface area contributed by atoms with Gasteiger partial charge < -0.3 is 10.2 Å². The average Bonchev–Trinajstić information content (AvgIpc) is 3.04. The molecule has 3 N–H and O–H groups in total. The fraction of sp³-hybridized carbons (Fsp3) is 0.176. The Morgan fingerprint density at radius 3 is 1.96 bits per heavy atom. The first-order valence-corrected chi connectivity index (χ1v) is 7.30. The first kappa shape index (κ1) is 17.1. The van der Waals surface area contributed by atoms with Gasteiger partial charge >= 0.3 is 11.9 Å². The Morgan fingerprint density at radius 2 is 1.46 bits per heavy atom. The van der Waals surface area contributed by atoms with Crippen LogP contribution in [-0.4, -0.2) is 37.6 Å². The maximum absolute atomic E-state index is 10.8. The maximum atomic E-state index is 10.8. The molecular formula is C17H17N3O4. The highest BCUT2D eigenvalue weighted by atomic mass is 16.4. The summed E-state index contributed by atoms with van der Waals surface area (Å²) in [5, 5.41) is 27.7. The average molecular weight is 327 g/mol. The molecule has 1 unspecified atom stereocenters. The molecule has 0 saturated carbocycles. The lowest BCUT2D eigenvalue weighted by atomic mass is 9.96. The molecule has 2 aromatic carbocycles. The lowest BCUT2D eigenvalue weighted by molar-refractivity contribution is -0.148. The molecule has 0 spiro atoms. The third-order valence-electron chi connectivity index (χ3n) is 3.32. The summed E-state index contributed by atoms with van der Waals surface area (Å²) in [5.41, 5.74) is 2.67. The molecule has 0 aliphatic rings. The second-order valence-corrected chi connectivity index (χ2v) is 5.14. The Kier molecular flexibility index (Phi) is 6.01. The molecule has 1 aromatic heterocycles. The molecule has 3 aromatic rings. The first-order valence-electron chi connectivity index (χ1n) is 7.30. The van der Waals surface area contributed by atoms with E-state index in [1.165, 1.54) is 0 Å². The number of nitrogens with one attached hydrogen (secondary N) is 1. The first-order chi connectivity index (χ1) is 11.6. The standard InChI is InChI=1S/C11H12O4.C6H5N3/c12-10(13)7-9(11(14)15)6-8-4-2-1-3-5-8;1-2-4-6-5(3-1)7-9-8-6/h1-5,9H,6-7H2,(H,12,13)(H,14,15);1-4H,(H,7,8,9). The van der Waals surface area contributed by atoms with Gasteiger partial charge in [0.2, 0.25) is 0 Å². The number of fused-ring (bicyclic) bond motifs is 1. The zero-order valence-electron chi connectivity index (χ0n) is 12.8. The molecule has 7 nitrogen and oxygen atoms in total. The van der Waals surface area contributed by atoms with Crippen molar-refractivity contribution < 1.29 is 19.8 Å². The van der Waals surface area contributed by atoms with Crippen LogP contribution in [0.15, 0.2) is 54.6 Å². The summed E-state index contributed by atoms with van der Waals surface area (Å²) in [7, 11) is 0. The fourth-order valence-electron chi connectivity index (χ4n) is 2.14. The van der Waals surface area contributed by atoms with Crippen LogP contribution >= 0.6 is 0 Å². The molecule has 0 saturated heterocycles. The van der Waals surface area contributed by atoms with Crippen molar-refractivity contribution in [3.63, 3.8) is 0 Å². The van der Waals surface area contributed by atoms with E-state index in [4.69, 9.17) is 10.2 Å². The number of aliphatic carboxylic acids is 2. The number of para-hydroxylation sites is 2. The van der Waals surface area contributed by atoms with Crippen LogP contribution in [-0.2, 0) is 16.0 Å². The molecule has 0 aliphatic carbocycles. The minimum Gasteiger partial charge on any atom is -0.481 e. The number of aromatic nitrogens is 3. The number of benzene rings is 2. The molecule has 1 heterocycles. The summed E-state index contributed by atoms with van der Waals surface area (Å²) in [6.07, 6.45) is -0.0906. The van der Waals surface area contributed by atoms with Gasteiger partial charge in [0.15, 0.2) is 0 Å². The molecular weight excluding hydrogens is 310 g/mol. The van der Waals surface area contributed by atoms with Crippen LogP contribution in [0.1, 0.15) is 12.0 Å². The van der Waals surface area contributed by atoms with Crippen LogP contribution in [0, 0.1) is 5.92 Å². The number of carbonyl (C=O) groups is 2. The molecule has 0 aliphatic heterocycles. The molecule has 3 rings (SSSR count). The summed E-state index contributed by atoms with van der Waals surface area (Å²) in [6, 6.07) is 16.7. The van der Waals surface area contributed by atoms with Crippen molar-refractivity contribution in [2.75, 3.05) is 0 Å². The van der Waals surface area contributed by atoms with Gasteiger partial charge in [0.25, 0.3) is 0 Å². The predicted molar refractivity (Wildman–Crippen MR) is 87.4 cm³/mol. The summed E-state index contributed by atoms with van der Waals surface area (Å²) in [6.45, 7) is 0. The van der Waals surface area contributed by atoms with Crippen molar-refractivity contribution in [2.24, 2.45) is 5.92 Å². The van der Waals surface area contributed by atoms with Gasteiger partial charge in [0.05, 0.1) is 12.3 Å². The normalized spacial score (nSPS) is 11.3. The molecule has 1 atom stereocenters. The summed E-state index contributed by atoms with van der Waals surface area (Å²) in [4.78, 5) is 21.2. The SMILES string of the molecule is O=C(O)CC(Cc1ccccc1)C(=O)O.c1ccc2n[nH]nc2c1. The van der Waals surface area contributed by atoms with Crippen molar-refractivity contribution >= 4 is 23.0 Å². The zero-order chi connectivity index (χ0) is 17.4. The van der Waals surface area contributed by atoms with Gasteiger partial charge in [-0.15, -0.1) is 0 Å². The highest BCUT2D eigenvalue weighted by Gasteiger charge is 2.21. The van der Waals surface area contributed by atoms with E-state index >= 15 is 0 Å². The van der Waals surface area contributed by atoms with E-state index in [0.29, 0.717) is 0 Å². The molecule has 0 fully saturated rings. The molecule has 7 heteroatoms. The van der Waals surface area contributed by atoms with Crippen molar-refractivity contribution in [3.05, 3.63) is 60.2 Å². The van der Waals surface area contributed by atoms with Gasteiger partial charge in [0, 0.05) is 0 Å². The minimum atomic E-state index is -1.08. The number of H-pyrrole nitrogens is 1. The Labute approximate surface area is 137 Å². The topological polar surface area (TPSA) is 116 Å². The van der Waals surface area contributed by atoms with E-state index in [1.54, 1.807) is 24.3 Å². The summed E-state index contributed by atoms with van der Waals surface area (Å²) in [5.74, 6) is -3.01. The van der Waals surface area contributed by atoms with Crippen molar-refractivity contribution in [1.82, 2.24) is 15.4 Å². The van der Waals surface area contributed by atoms with Gasteiger partial charge in [-0.05, 0) is 24.1 Å². The van der Waals surface area contributed by atoms with Crippen LogP contribution in [0.3, 0.4) is 0 Å². The Bertz CT molecular complexity index is 771. The Balaban J connectivity index is 0.000000194. The lowest BCUT2D eigenvalue weighted by Gasteiger charge is -2.09. The summed E-state index contributed by atoms with van der Waals surface area (Å²) >= 11 is 0. The van der Waals surface area contributed by atoms with Gasteiger partial charge in [-0.1, -0.05) is 42.5 Å². The third kappa shape index (κ3) is 5.20. The maximum Gasteiger partial charge on any atom is 0.307 e. The number of rotatable bonds is 5. The molecule has 0 bridgehead atoms. The second-order valence-electron chi connectivity index (χ2n) is 5.14. The molecule has 24 heavy (non-hydrogen) atoms. The quantitative estimate of drug-likeness (QED) is 0.662. The monoisotopic (exact) mass is 327 g/mol. The van der Waals surface area contributed by atoms with Crippen molar-refractivity contribution in [1.29, 1.82) is 0 Å². The number of hydrogen-bond acceptors (Lipinski definition) is 4. The van der Waals surface area contributed by atoms with E-state index < -0.39 is 17.9 Å². The van der Waals surface area contributed by atoms with Crippen molar-refractivity contribution in [2.45, 2.75) is 12.8 Å². The fourth-order valence-corrected chi connectivity index (χ4v) is 2.14. The number of aromatic amines is 1. The number of hydrogen-bond donors (Lipinski definition) is 3. The molecule has 0 radical (unpaired) electrons. The van der Waals surface area contributed by atoms with Crippen LogP contribution in [0.4, 0.5) is 0 Å². The van der Waals surface area contributed by atoms with E-state index in [-0.39, 0.29) is 12.8 Å². The Morgan fingerprint density at radius 1 is 0.917 bits per heavy atom. The summed E-state index contributed by atoms with van der Waals surface area (Å²) < 4.78 is 0. The minimum absolute atomic E-state index is 0.252. The van der Waals surface area contributed by atoms with Crippen molar-refractivity contribution in [3.8, 4) is 0 Å². The largest absolute Gasteiger partial charge is 0.481 e. The van der Waals surface area contributed by atoms with Gasteiger partial charge in [0.1, 0.15) is 11.0 Å². The van der Waals surface area contributed by atoms with E-state index in [1.807, 2.05) is 30.3 Å². The number of carboxylic acid groups (broad SMARTS) is 2. The second kappa shape index (κ2) is 8.42. The van der Waals surface area contributed by atoms with Crippen LogP contribution < -0.4 is 0 Å². The number of carboxylic acids is 2. The van der Waals surface area contributed by atoms with Gasteiger partial charge in [-0.3, -0.25) is 9.59 Å². The smallest absolute Gasteiger partial charge is 0.307 e. The van der Waals surface area contributed by atoms with Crippen LogP contribution in [0.5, 0.6) is 0 Å². The molecule has 0 amide bonds.